The van der Waals surface area contributed by atoms with E-state index in [1.54, 1.807) is 12.1 Å². The molecule has 9 heteroatoms. The maximum Gasteiger partial charge on any atom is 0.262 e. The molecular formula is C14H8Cl2N6O. The molecule has 0 fully saturated rings. The number of benzene rings is 1. The molecular weight excluding hydrogens is 339 g/mol. The Balaban J connectivity index is 2.54. The van der Waals surface area contributed by atoms with Gasteiger partial charge < -0.3 is 11.5 Å². The molecule has 2 aromatic heterocycles. The molecule has 0 amide bonds. The predicted molar refractivity (Wildman–Crippen MR) is 89.2 cm³/mol. The van der Waals surface area contributed by atoms with Crippen molar-refractivity contribution in [2.45, 2.75) is 0 Å². The van der Waals surface area contributed by atoms with Gasteiger partial charge in [-0.25, -0.2) is 4.98 Å². The monoisotopic (exact) mass is 346 g/mol. The summed E-state index contributed by atoms with van der Waals surface area (Å²) in [5.74, 6) is -0.155. The molecule has 114 valence electrons. The molecule has 0 radical (unpaired) electrons. The minimum Gasteiger partial charge on any atom is -0.383 e. The molecule has 5 N–H and O–H groups in total. The summed E-state index contributed by atoms with van der Waals surface area (Å²) < 4.78 is 0. The fourth-order valence-electron chi connectivity index (χ4n) is 2.26. The molecule has 3 rings (SSSR count). The number of nitrogen functional groups attached to an aromatic ring is 2. The average Bonchev–Trinajstić information content (AvgIpc) is 2.48. The highest BCUT2D eigenvalue weighted by Crippen LogP contribution is 2.34. The SMILES string of the molecule is N#Cc1c(N)nc2nc(N)[nH]c(=O)c2c1-c1ccc(Cl)c(Cl)c1. The third-order valence-corrected chi connectivity index (χ3v) is 3.96. The summed E-state index contributed by atoms with van der Waals surface area (Å²) in [6.07, 6.45) is 0. The number of anilines is 2. The second-order valence-corrected chi connectivity index (χ2v) is 5.45. The van der Waals surface area contributed by atoms with E-state index < -0.39 is 5.56 Å². The van der Waals surface area contributed by atoms with Crippen molar-refractivity contribution < 1.29 is 0 Å². The number of hydrogen-bond donors (Lipinski definition) is 3. The van der Waals surface area contributed by atoms with Gasteiger partial charge >= 0.3 is 0 Å². The van der Waals surface area contributed by atoms with E-state index in [1.165, 1.54) is 6.07 Å². The molecule has 0 saturated carbocycles. The van der Waals surface area contributed by atoms with E-state index in [-0.39, 0.29) is 38.9 Å². The van der Waals surface area contributed by atoms with Gasteiger partial charge in [0.15, 0.2) is 5.65 Å². The number of hydrogen-bond acceptors (Lipinski definition) is 6. The minimum absolute atomic E-state index is 0.0452. The van der Waals surface area contributed by atoms with E-state index in [0.717, 1.165) is 0 Å². The lowest BCUT2D eigenvalue weighted by Gasteiger charge is -2.11. The van der Waals surface area contributed by atoms with Crippen molar-refractivity contribution in [2.75, 3.05) is 11.5 Å². The van der Waals surface area contributed by atoms with E-state index in [1.807, 2.05) is 6.07 Å². The number of halogens is 2. The number of nitrogens with one attached hydrogen (secondary N) is 1. The van der Waals surface area contributed by atoms with Crippen molar-refractivity contribution in [1.29, 1.82) is 5.26 Å². The second-order valence-electron chi connectivity index (χ2n) is 4.64. The summed E-state index contributed by atoms with van der Waals surface area (Å²) in [4.78, 5) is 22.6. The van der Waals surface area contributed by atoms with Crippen molar-refractivity contribution >= 4 is 46.0 Å². The van der Waals surface area contributed by atoms with Gasteiger partial charge in [0.2, 0.25) is 5.95 Å². The Morgan fingerprint density at radius 2 is 1.91 bits per heavy atom. The van der Waals surface area contributed by atoms with Crippen LogP contribution in [0.2, 0.25) is 10.0 Å². The molecule has 23 heavy (non-hydrogen) atoms. The fourth-order valence-corrected chi connectivity index (χ4v) is 2.56. The molecule has 0 saturated heterocycles. The maximum atomic E-state index is 12.3. The molecule has 3 aromatic rings. The highest BCUT2D eigenvalue weighted by Gasteiger charge is 2.19. The Labute approximate surface area is 139 Å². The predicted octanol–water partition coefficient (Wildman–Crippen LogP) is 2.33. The molecule has 0 spiro atoms. The molecule has 0 aliphatic carbocycles. The molecule has 0 aliphatic heterocycles. The van der Waals surface area contributed by atoms with Crippen LogP contribution in [0.1, 0.15) is 5.56 Å². The first kappa shape index (κ1) is 15.1. The van der Waals surface area contributed by atoms with Crippen LogP contribution in [-0.2, 0) is 0 Å². The Morgan fingerprint density at radius 3 is 2.57 bits per heavy atom. The molecule has 0 bridgehead atoms. The van der Waals surface area contributed by atoms with Gasteiger partial charge in [-0.3, -0.25) is 9.78 Å². The molecule has 0 aliphatic rings. The summed E-state index contributed by atoms with van der Waals surface area (Å²) >= 11 is 11.9. The van der Waals surface area contributed by atoms with Crippen molar-refractivity contribution in [3.8, 4) is 17.2 Å². The van der Waals surface area contributed by atoms with Crippen LogP contribution >= 0.6 is 23.2 Å². The Kier molecular flexibility index (Phi) is 3.56. The van der Waals surface area contributed by atoms with Gasteiger partial charge in [0.1, 0.15) is 17.5 Å². The van der Waals surface area contributed by atoms with E-state index in [0.29, 0.717) is 10.6 Å². The number of rotatable bonds is 1. The lowest BCUT2D eigenvalue weighted by atomic mass is 9.98. The van der Waals surface area contributed by atoms with E-state index in [9.17, 15) is 10.1 Å². The lowest BCUT2D eigenvalue weighted by molar-refractivity contribution is 1.16. The van der Waals surface area contributed by atoms with Gasteiger partial charge in [-0.1, -0.05) is 29.3 Å². The number of pyridine rings is 1. The standard InChI is InChI=1S/C14H8Cl2N6O/c15-7-2-1-5(3-8(7)16)9-6(4-17)11(18)20-12-10(9)13(23)22-14(19)21-12/h1-3H,(H5,18,19,20,21,22,23). The molecule has 2 heterocycles. The van der Waals surface area contributed by atoms with Crippen LogP contribution in [-0.4, -0.2) is 15.0 Å². The molecule has 0 unspecified atom stereocenters. The number of H-pyrrole nitrogens is 1. The highest BCUT2D eigenvalue weighted by atomic mass is 35.5. The second kappa shape index (κ2) is 5.43. The van der Waals surface area contributed by atoms with Gasteiger partial charge in [-0.2, -0.15) is 10.2 Å². The number of aromatic amines is 1. The number of nitrogens with zero attached hydrogens (tertiary/aromatic N) is 3. The van der Waals surface area contributed by atoms with Crippen LogP contribution < -0.4 is 17.0 Å². The van der Waals surface area contributed by atoms with Crippen LogP contribution in [0.15, 0.2) is 23.0 Å². The first-order valence-electron chi connectivity index (χ1n) is 6.27. The number of aromatic nitrogens is 3. The Bertz CT molecular complexity index is 1050. The Morgan fingerprint density at radius 1 is 1.17 bits per heavy atom. The number of nitriles is 1. The normalized spacial score (nSPS) is 10.7. The zero-order valence-electron chi connectivity index (χ0n) is 11.4. The summed E-state index contributed by atoms with van der Waals surface area (Å²) in [6.45, 7) is 0. The lowest BCUT2D eigenvalue weighted by Crippen LogP contribution is -2.15. The third kappa shape index (κ3) is 2.44. The fraction of sp³-hybridized carbons (Fsp3) is 0. The maximum absolute atomic E-state index is 12.3. The van der Waals surface area contributed by atoms with Gasteiger partial charge in [0, 0.05) is 5.56 Å². The van der Waals surface area contributed by atoms with Gasteiger partial charge in [0.05, 0.1) is 15.4 Å². The quantitative estimate of drug-likeness (QED) is 0.618. The Hall–Kier alpha value is -2.82. The average molecular weight is 347 g/mol. The number of fused-ring (bicyclic) bond motifs is 1. The van der Waals surface area contributed by atoms with Crippen LogP contribution in [0.3, 0.4) is 0 Å². The van der Waals surface area contributed by atoms with Crippen LogP contribution in [0.5, 0.6) is 0 Å². The first-order valence-corrected chi connectivity index (χ1v) is 7.02. The largest absolute Gasteiger partial charge is 0.383 e. The summed E-state index contributed by atoms with van der Waals surface area (Å²) in [5, 5.41) is 10.1. The first-order chi connectivity index (χ1) is 10.9. The van der Waals surface area contributed by atoms with Gasteiger partial charge in [-0.15, -0.1) is 0 Å². The smallest absolute Gasteiger partial charge is 0.262 e. The van der Waals surface area contributed by atoms with Crippen LogP contribution in [0, 0.1) is 11.3 Å². The van der Waals surface area contributed by atoms with Crippen molar-refractivity contribution in [3.05, 3.63) is 44.2 Å². The van der Waals surface area contributed by atoms with E-state index in [2.05, 4.69) is 15.0 Å². The summed E-state index contributed by atoms with van der Waals surface area (Å²) in [7, 11) is 0. The topological polar surface area (TPSA) is 134 Å². The van der Waals surface area contributed by atoms with Gasteiger partial charge in [0.25, 0.3) is 5.56 Å². The summed E-state index contributed by atoms with van der Waals surface area (Å²) in [6, 6.07) is 6.67. The van der Waals surface area contributed by atoms with Crippen LogP contribution in [0.25, 0.3) is 22.2 Å². The van der Waals surface area contributed by atoms with Crippen LogP contribution in [0.4, 0.5) is 11.8 Å². The van der Waals surface area contributed by atoms with Crippen molar-refractivity contribution in [2.24, 2.45) is 0 Å². The van der Waals surface area contributed by atoms with E-state index >= 15 is 0 Å². The zero-order chi connectivity index (χ0) is 16.7. The molecule has 7 nitrogen and oxygen atoms in total. The van der Waals surface area contributed by atoms with Gasteiger partial charge in [-0.05, 0) is 17.7 Å². The zero-order valence-corrected chi connectivity index (χ0v) is 12.9. The number of nitrogens with two attached hydrogens (primary N) is 2. The molecule has 1 aromatic carbocycles. The highest BCUT2D eigenvalue weighted by molar-refractivity contribution is 6.42. The minimum atomic E-state index is -0.530. The third-order valence-electron chi connectivity index (χ3n) is 3.22. The molecule has 0 atom stereocenters. The van der Waals surface area contributed by atoms with E-state index in [4.69, 9.17) is 34.7 Å². The van der Waals surface area contributed by atoms with Crippen molar-refractivity contribution in [1.82, 2.24) is 15.0 Å². The van der Waals surface area contributed by atoms with Crippen molar-refractivity contribution in [3.63, 3.8) is 0 Å². The summed E-state index contributed by atoms with van der Waals surface area (Å²) in [5.41, 5.74) is 11.7.